The summed E-state index contributed by atoms with van der Waals surface area (Å²) in [6, 6.07) is 53.6. The topological polar surface area (TPSA) is 47.5 Å². The highest BCUT2D eigenvalue weighted by atomic mass is 15.0. The van der Waals surface area contributed by atoms with Crippen molar-refractivity contribution in [2.45, 2.75) is 0 Å². The Morgan fingerprint density at radius 2 is 0.750 bits per heavy atom. The van der Waals surface area contributed by atoms with E-state index < -0.39 is 0 Å². The zero-order valence-corrected chi connectivity index (χ0v) is 25.7. The van der Waals surface area contributed by atoms with E-state index in [1.807, 2.05) is 12.1 Å². The summed E-state index contributed by atoms with van der Waals surface area (Å²) in [5.74, 6) is 0. The van der Waals surface area contributed by atoms with Crippen LogP contribution < -0.4 is 0 Å². The maximum atomic E-state index is 5.24. The van der Waals surface area contributed by atoms with E-state index in [2.05, 4.69) is 148 Å². The van der Waals surface area contributed by atoms with Gasteiger partial charge in [-0.15, -0.1) is 0 Å². The van der Waals surface area contributed by atoms with E-state index in [1.165, 1.54) is 21.5 Å². The molecule has 0 atom stereocenters. The molecule has 5 heterocycles. The number of hydrogen-bond acceptors (Lipinski definition) is 3. The van der Waals surface area contributed by atoms with Gasteiger partial charge in [-0.3, -0.25) is 8.80 Å². The zero-order valence-electron chi connectivity index (χ0n) is 25.7. The minimum atomic E-state index is 0.937. The fraction of sp³-hybridized carbons (Fsp3) is 0. The fourth-order valence-corrected chi connectivity index (χ4v) is 7.69. The first kappa shape index (κ1) is 25.6. The van der Waals surface area contributed by atoms with E-state index in [-0.39, 0.29) is 0 Å². The van der Waals surface area contributed by atoms with Crippen LogP contribution in [0.4, 0.5) is 0 Å². The molecule has 222 valence electrons. The van der Waals surface area contributed by atoms with Gasteiger partial charge in [-0.2, -0.15) is 0 Å². The van der Waals surface area contributed by atoms with Gasteiger partial charge in [0, 0.05) is 32.7 Å². The SMILES string of the molecule is c1cc(-c2ccc3c(c2)c2ccccc2n2c4ccccc4nc32)nc(-c2ccc3c(c2)c2ccccc2n2c4ccccc4nc32)c1. The van der Waals surface area contributed by atoms with Crippen molar-refractivity contribution in [3.8, 4) is 22.5 Å². The number of hydrogen-bond donors (Lipinski definition) is 0. The van der Waals surface area contributed by atoms with Crippen LogP contribution in [0.2, 0.25) is 0 Å². The van der Waals surface area contributed by atoms with Crippen molar-refractivity contribution in [1.82, 2.24) is 23.8 Å². The third-order valence-corrected chi connectivity index (χ3v) is 9.85. The van der Waals surface area contributed by atoms with Gasteiger partial charge in [0.15, 0.2) is 0 Å². The van der Waals surface area contributed by atoms with E-state index in [0.29, 0.717) is 0 Å². The molecule has 11 rings (SSSR count). The molecule has 0 amide bonds. The maximum absolute atomic E-state index is 5.24. The molecule has 0 aliphatic carbocycles. The monoisotopic (exact) mass is 611 g/mol. The van der Waals surface area contributed by atoms with Crippen LogP contribution in [0.1, 0.15) is 0 Å². The molecule has 0 fully saturated rings. The lowest BCUT2D eigenvalue weighted by Gasteiger charge is -2.12. The molecule has 0 unspecified atom stereocenters. The average molecular weight is 612 g/mol. The van der Waals surface area contributed by atoms with Crippen molar-refractivity contribution >= 4 is 76.7 Å². The van der Waals surface area contributed by atoms with Crippen molar-refractivity contribution in [2.75, 3.05) is 0 Å². The standard InChI is InChI=1S/C43H25N5/c1-5-16-38-28(10-1)32-24-26(20-22-30(32)42-45-36-12-3-7-18-40(36)47(38)42)34-14-9-15-35(44-34)27-21-23-31-33(25-27)29-11-2-6-17-39(29)48-41-19-8-4-13-37(41)46-43(31)48/h1-25H. The number of fused-ring (bicyclic) bond motifs is 16. The van der Waals surface area contributed by atoms with Crippen LogP contribution in [0.5, 0.6) is 0 Å². The van der Waals surface area contributed by atoms with Gasteiger partial charge in [-0.1, -0.05) is 78.9 Å². The first-order valence-corrected chi connectivity index (χ1v) is 16.2. The third-order valence-electron chi connectivity index (χ3n) is 9.85. The minimum Gasteiger partial charge on any atom is -0.292 e. The van der Waals surface area contributed by atoms with Crippen LogP contribution in [0, 0.1) is 0 Å². The summed E-state index contributed by atoms with van der Waals surface area (Å²) in [4.78, 5) is 15.4. The number of rotatable bonds is 2. The molecule has 0 aliphatic heterocycles. The summed E-state index contributed by atoms with van der Waals surface area (Å²) in [6.45, 7) is 0. The Hall–Kier alpha value is -6.59. The first-order chi connectivity index (χ1) is 23.8. The number of benzene rings is 6. The molecule has 11 aromatic rings. The lowest BCUT2D eigenvalue weighted by Crippen LogP contribution is -1.93. The normalized spacial score (nSPS) is 12.2. The smallest absolute Gasteiger partial charge is 0.146 e. The molecule has 0 radical (unpaired) electrons. The second-order valence-corrected chi connectivity index (χ2v) is 12.5. The highest BCUT2D eigenvalue weighted by molar-refractivity contribution is 6.16. The number of aromatic nitrogens is 5. The highest BCUT2D eigenvalue weighted by Crippen LogP contribution is 2.37. The summed E-state index contributed by atoms with van der Waals surface area (Å²) in [6.07, 6.45) is 0. The van der Waals surface area contributed by atoms with Gasteiger partial charge >= 0.3 is 0 Å². The second kappa shape index (κ2) is 9.47. The van der Waals surface area contributed by atoms with Crippen LogP contribution in [-0.4, -0.2) is 23.8 Å². The van der Waals surface area contributed by atoms with Crippen molar-refractivity contribution < 1.29 is 0 Å². The second-order valence-electron chi connectivity index (χ2n) is 12.5. The molecule has 0 spiro atoms. The van der Waals surface area contributed by atoms with E-state index in [9.17, 15) is 0 Å². The molecule has 6 aromatic carbocycles. The number of para-hydroxylation sites is 6. The molecule has 0 bridgehead atoms. The van der Waals surface area contributed by atoms with E-state index in [0.717, 1.165) is 77.7 Å². The Morgan fingerprint density at radius 1 is 0.312 bits per heavy atom. The summed E-state index contributed by atoms with van der Waals surface area (Å²) in [7, 11) is 0. The van der Waals surface area contributed by atoms with Gasteiger partial charge in [0.2, 0.25) is 0 Å². The lowest BCUT2D eigenvalue weighted by atomic mass is 10.00. The van der Waals surface area contributed by atoms with Gasteiger partial charge in [-0.25, -0.2) is 15.0 Å². The van der Waals surface area contributed by atoms with Gasteiger partial charge in [0.1, 0.15) is 11.3 Å². The summed E-state index contributed by atoms with van der Waals surface area (Å²) >= 11 is 0. The molecular weight excluding hydrogens is 587 g/mol. The number of pyridine rings is 3. The number of imidazole rings is 2. The number of nitrogens with zero attached hydrogens (tertiary/aromatic N) is 5. The van der Waals surface area contributed by atoms with E-state index in [1.54, 1.807) is 0 Å². The van der Waals surface area contributed by atoms with E-state index in [4.69, 9.17) is 15.0 Å². The van der Waals surface area contributed by atoms with Crippen LogP contribution in [0.3, 0.4) is 0 Å². The highest BCUT2D eigenvalue weighted by Gasteiger charge is 2.16. The minimum absolute atomic E-state index is 0.937. The predicted octanol–water partition coefficient (Wildman–Crippen LogP) is 10.6. The van der Waals surface area contributed by atoms with Crippen LogP contribution >= 0.6 is 0 Å². The Balaban J connectivity index is 1.10. The average Bonchev–Trinajstić information content (AvgIpc) is 3.75. The van der Waals surface area contributed by atoms with Crippen LogP contribution in [0.25, 0.3) is 99.2 Å². The summed E-state index contributed by atoms with van der Waals surface area (Å²) in [5, 5.41) is 6.99. The van der Waals surface area contributed by atoms with Gasteiger partial charge < -0.3 is 0 Å². The molecular formula is C43H25N5. The van der Waals surface area contributed by atoms with Crippen molar-refractivity contribution in [1.29, 1.82) is 0 Å². The van der Waals surface area contributed by atoms with E-state index >= 15 is 0 Å². The fourth-order valence-electron chi connectivity index (χ4n) is 7.69. The Morgan fingerprint density at radius 3 is 1.25 bits per heavy atom. The third kappa shape index (κ3) is 3.47. The Labute approximate surface area is 274 Å². The van der Waals surface area contributed by atoms with Crippen LogP contribution in [-0.2, 0) is 0 Å². The first-order valence-electron chi connectivity index (χ1n) is 16.2. The van der Waals surface area contributed by atoms with Gasteiger partial charge in [-0.05, 0) is 83.6 Å². The van der Waals surface area contributed by atoms with Crippen molar-refractivity contribution in [3.05, 3.63) is 152 Å². The maximum Gasteiger partial charge on any atom is 0.146 e. The van der Waals surface area contributed by atoms with Gasteiger partial charge in [0.25, 0.3) is 0 Å². The largest absolute Gasteiger partial charge is 0.292 e. The summed E-state index contributed by atoms with van der Waals surface area (Å²) in [5.41, 5.74) is 12.5. The zero-order chi connectivity index (χ0) is 31.3. The molecule has 0 aliphatic rings. The molecule has 48 heavy (non-hydrogen) atoms. The quantitative estimate of drug-likeness (QED) is 0.183. The van der Waals surface area contributed by atoms with Crippen molar-refractivity contribution in [2.24, 2.45) is 0 Å². The van der Waals surface area contributed by atoms with Gasteiger partial charge in [0.05, 0.1) is 44.5 Å². The molecule has 0 N–H and O–H groups in total. The lowest BCUT2D eigenvalue weighted by molar-refractivity contribution is 1.31. The molecule has 5 aromatic heterocycles. The summed E-state index contributed by atoms with van der Waals surface area (Å²) < 4.78 is 4.57. The molecule has 0 saturated heterocycles. The Kier molecular flexibility index (Phi) is 5.05. The molecule has 5 heteroatoms. The Bertz CT molecular complexity index is 2920. The van der Waals surface area contributed by atoms with Crippen molar-refractivity contribution in [3.63, 3.8) is 0 Å². The predicted molar refractivity (Wildman–Crippen MR) is 198 cm³/mol. The molecule has 5 nitrogen and oxygen atoms in total. The van der Waals surface area contributed by atoms with Crippen LogP contribution in [0.15, 0.2) is 152 Å². The molecule has 0 saturated carbocycles.